The molecule has 0 aromatic rings. The second-order valence-corrected chi connectivity index (χ2v) is 8.63. The van der Waals surface area contributed by atoms with Gasteiger partial charge in [-0.15, -0.1) is 0 Å². The van der Waals surface area contributed by atoms with Gasteiger partial charge in [-0.05, 0) is 31.6 Å². The highest BCUT2D eigenvalue weighted by atomic mass is 79.9. The summed E-state index contributed by atoms with van der Waals surface area (Å²) in [6, 6.07) is 0.0775. The Bertz CT molecular complexity index is 410. The van der Waals surface area contributed by atoms with Crippen molar-refractivity contribution in [1.29, 1.82) is 0 Å². The average Bonchev–Trinajstić information content (AvgIpc) is 2.75. The molecule has 0 N–H and O–H groups in total. The molecule has 92 valence electrons. The number of ether oxygens (including phenoxy) is 1. The maximum absolute atomic E-state index is 12.1. The minimum atomic E-state index is -3.04. The van der Waals surface area contributed by atoms with E-state index in [0.717, 1.165) is 12.8 Å². The Hall–Kier alpha value is 0.350. The number of likely N-dealkylation sites (N-methyl/N-ethyl adjacent to an activating group) is 1. The zero-order valence-electron chi connectivity index (χ0n) is 9.34. The second-order valence-electron chi connectivity index (χ2n) is 5.13. The Morgan fingerprint density at radius 3 is 2.75 bits per heavy atom. The second kappa shape index (κ2) is 3.43. The smallest absolute Gasteiger partial charge is 0.217 e. The Labute approximate surface area is 105 Å². The van der Waals surface area contributed by atoms with E-state index in [0.29, 0.717) is 11.8 Å². The molecule has 3 rings (SSSR count). The van der Waals surface area contributed by atoms with Gasteiger partial charge in [0.05, 0.1) is 17.4 Å². The minimum absolute atomic E-state index is 0.00740. The average molecular weight is 310 g/mol. The zero-order chi connectivity index (χ0) is 11.7. The SMILES string of the molecule is CC(Br)OC1C2CC3C1N(C)S(=O)(=O)C3C2. The first-order valence-corrected chi connectivity index (χ1v) is 8.11. The molecule has 6 unspecified atom stereocenters. The van der Waals surface area contributed by atoms with Crippen molar-refractivity contribution in [3.05, 3.63) is 0 Å². The van der Waals surface area contributed by atoms with E-state index in [1.54, 1.807) is 11.4 Å². The van der Waals surface area contributed by atoms with Crippen LogP contribution in [0.3, 0.4) is 0 Å². The predicted octanol–water partition coefficient (Wildman–Crippen LogP) is 1.16. The summed E-state index contributed by atoms with van der Waals surface area (Å²) < 4.78 is 31.6. The van der Waals surface area contributed by atoms with Crippen LogP contribution in [0.1, 0.15) is 19.8 Å². The number of nitrogens with zero attached hydrogens (tertiary/aromatic N) is 1. The molecule has 1 saturated heterocycles. The molecule has 2 aliphatic carbocycles. The molecule has 6 atom stereocenters. The van der Waals surface area contributed by atoms with Gasteiger partial charge in [-0.3, -0.25) is 0 Å². The standard InChI is InChI=1S/C10H16BrNO3S/c1-5(11)15-10-6-3-7-8(4-6)16(13,14)12(2)9(7)10/h5-10H,3-4H2,1-2H3. The Balaban J connectivity index is 1.94. The first kappa shape index (κ1) is 11.4. The third kappa shape index (κ3) is 1.30. The first-order chi connectivity index (χ1) is 7.43. The van der Waals surface area contributed by atoms with Crippen LogP contribution in [0.25, 0.3) is 0 Å². The van der Waals surface area contributed by atoms with Crippen molar-refractivity contribution in [2.45, 2.75) is 42.2 Å². The van der Waals surface area contributed by atoms with Crippen LogP contribution >= 0.6 is 15.9 Å². The van der Waals surface area contributed by atoms with E-state index in [1.165, 1.54) is 0 Å². The van der Waals surface area contributed by atoms with Crippen molar-refractivity contribution in [3.8, 4) is 0 Å². The summed E-state index contributed by atoms with van der Waals surface area (Å²) in [4.78, 5) is 0. The lowest BCUT2D eigenvalue weighted by Gasteiger charge is -2.29. The van der Waals surface area contributed by atoms with Gasteiger partial charge in [-0.2, -0.15) is 4.31 Å². The maximum atomic E-state index is 12.1. The summed E-state index contributed by atoms with van der Waals surface area (Å²) in [6.07, 6.45) is 1.89. The monoisotopic (exact) mass is 309 g/mol. The van der Waals surface area contributed by atoms with E-state index in [2.05, 4.69) is 15.9 Å². The van der Waals surface area contributed by atoms with Gasteiger partial charge in [0.15, 0.2) is 0 Å². The van der Waals surface area contributed by atoms with Gasteiger partial charge in [0.2, 0.25) is 10.0 Å². The van der Waals surface area contributed by atoms with Crippen LogP contribution in [0.5, 0.6) is 0 Å². The van der Waals surface area contributed by atoms with Crippen molar-refractivity contribution in [2.75, 3.05) is 7.05 Å². The zero-order valence-corrected chi connectivity index (χ0v) is 11.7. The molecule has 2 bridgehead atoms. The highest BCUT2D eigenvalue weighted by Crippen LogP contribution is 2.56. The number of sulfonamides is 1. The molecule has 0 spiro atoms. The van der Waals surface area contributed by atoms with E-state index < -0.39 is 10.0 Å². The van der Waals surface area contributed by atoms with Gasteiger partial charge >= 0.3 is 0 Å². The quantitative estimate of drug-likeness (QED) is 0.719. The number of rotatable bonds is 2. The third-order valence-corrected chi connectivity index (χ3v) is 6.95. The van der Waals surface area contributed by atoms with E-state index in [1.807, 2.05) is 6.92 Å². The lowest BCUT2D eigenvalue weighted by Crippen LogP contribution is -2.42. The number of halogens is 1. The van der Waals surface area contributed by atoms with E-state index in [9.17, 15) is 8.42 Å². The lowest BCUT2D eigenvalue weighted by atomic mass is 9.92. The molecule has 0 radical (unpaired) electrons. The van der Waals surface area contributed by atoms with Crippen LogP contribution in [0.2, 0.25) is 0 Å². The van der Waals surface area contributed by atoms with Crippen LogP contribution in [0.15, 0.2) is 0 Å². The van der Waals surface area contributed by atoms with Crippen LogP contribution in [-0.4, -0.2) is 42.2 Å². The molecule has 1 heterocycles. The Morgan fingerprint density at radius 1 is 1.44 bits per heavy atom. The summed E-state index contributed by atoms with van der Waals surface area (Å²) >= 11 is 3.38. The van der Waals surface area contributed by atoms with Crippen molar-refractivity contribution in [3.63, 3.8) is 0 Å². The topological polar surface area (TPSA) is 46.6 Å². The molecule has 1 aliphatic heterocycles. The van der Waals surface area contributed by atoms with Gasteiger partial charge in [-0.1, -0.05) is 15.9 Å². The summed E-state index contributed by atoms with van der Waals surface area (Å²) in [6.45, 7) is 1.94. The maximum Gasteiger partial charge on any atom is 0.217 e. The highest BCUT2D eigenvalue weighted by Gasteiger charge is 2.65. The summed E-state index contributed by atoms with van der Waals surface area (Å²) in [5, 5.41) is -0.134. The van der Waals surface area contributed by atoms with Crippen molar-refractivity contribution in [1.82, 2.24) is 4.31 Å². The molecule has 3 aliphatic rings. The van der Waals surface area contributed by atoms with Gasteiger partial charge in [0.1, 0.15) is 5.01 Å². The normalized spacial score (nSPS) is 51.1. The van der Waals surface area contributed by atoms with E-state index in [-0.39, 0.29) is 22.4 Å². The molecule has 2 saturated carbocycles. The number of alkyl halides is 1. The number of hydrogen-bond donors (Lipinski definition) is 0. The summed E-state index contributed by atoms with van der Waals surface area (Å²) in [5.41, 5.74) is 0. The largest absolute Gasteiger partial charge is 0.362 e. The van der Waals surface area contributed by atoms with Gasteiger partial charge in [0, 0.05) is 7.05 Å². The van der Waals surface area contributed by atoms with E-state index in [4.69, 9.17) is 4.74 Å². The fourth-order valence-corrected chi connectivity index (χ4v) is 6.33. The van der Waals surface area contributed by atoms with Crippen LogP contribution in [-0.2, 0) is 14.8 Å². The highest BCUT2D eigenvalue weighted by molar-refractivity contribution is 9.09. The first-order valence-electron chi connectivity index (χ1n) is 5.69. The summed E-state index contributed by atoms with van der Waals surface area (Å²) in [7, 11) is -1.34. The number of hydrogen-bond acceptors (Lipinski definition) is 3. The van der Waals surface area contributed by atoms with Gasteiger partial charge in [-0.25, -0.2) is 8.42 Å². The molecule has 0 aromatic heterocycles. The molecule has 0 aromatic carbocycles. The molecule has 3 fully saturated rings. The number of fused-ring (bicyclic) bond motifs is 1. The van der Waals surface area contributed by atoms with Crippen LogP contribution in [0, 0.1) is 11.8 Å². The van der Waals surface area contributed by atoms with Crippen molar-refractivity contribution < 1.29 is 13.2 Å². The molecule has 0 amide bonds. The minimum Gasteiger partial charge on any atom is -0.362 e. The van der Waals surface area contributed by atoms with Crippen LogP contribution in [0.4, 0.5) is 0 Å². The fraction of sp³-hybridized carbons (Fsp3) is 1.00. The fourth-order valence-electron chi connectivity index (χ4n) is 3.83. The molecule has 4 nitrogen and oxygen atoms in total. The van der Waals surface area contributed by atoms with Gasteiger partial charge in [0.25, 0.3) is 0 Å². The summed E-state index contributed by atoms with van der Waals surface area (Å²) in [5.74, 6) is 0.732. The van der Waals surface area contributed by atoms with Gasteiger partial charge < -0.3 is 4.74 Å². The van der Waals surface area contributed by atoms with Crippen molar-refractivity contribution >= 4 is 26.0 Å². The molecule has 6 heteroatoms. The van der Waals surface area contributed by atoms with Crippen LogP contribution < -0.4 is 0 Å². The third-order valence-electron chi connectivity index (χ3n) is 4.38. The molecular weight excluding hydrogens is 294 g/mol. The van der Waals surface area contributed by atoms with E-state index >= 15 is 0 Å². The van der Waals surface area contributed by atoms with Crippen molar-refractivity contribution in [2.24, 2.45) is 11.8 Å². The predicted molar refractivity (Wildman–Crippen MR) is 63.7 cm³/mol. The molecule has 16 heavy (non-hydrogen) atoms. The Morgan fingerprint density at radius 2 is 2.12 bits per heavy atom. The molecular formula is C10H16BrNO3S. The lowest BCUT2D eigenvalue weighted by molar-refractivity contribution is -0.0156. The Kier molecular flexibility index (Phi) is 2.45.